The van der Waals surface area contributed by atoms with Crippen molar-refractivity contribution in [2.75, 3.05) is 11.9 Å². The molecule has 98 valence electrons. The average Bonchev–Trinajstić information content (AvgIpc) is 2.35. The molecule has 0 aliphatic rings. The van der Waals surface area contributed by atoms with Crippen LogP contribution in [0.5, 0.6) is 5.75 Å². The first kappa shape index (κ1) is 14.0. The number of hydrogen-bond donors (Lipinski definition) is 3. The van der Waals surface area contributed by atoms with Crippen LogP contribution < -0.4 is 21.5 Å². The molecule has 1 aromatic rings. The van der Waals surface area contributed by atoms with Gasteiger partial charge in [0.25, 0.3) is 5.91 Å². The normalized spacial score (nSPS) is 11.7. The number of carbonyl (C=O) groups is 2. The summed E-state index contributed by atoms with van der Waals surface area (Å²) in [6.45, 7) is 1.63. The Morgan fingerprint density at radius 2 is 2.17 bits per heavy atom. The van der Waals surface area contributed by atoms with Gasteiger partial charge in [-0.25, -0.2) is 0 Å². The molecule has 1 rings (SSSR count). The second kappa shape index (κ2) is 6.61. The standard InChI is InChI=1S/C12H17N3O3/c1-2-10(13)12(17)15-8-4-3-5-9(6-8)18-7-11(14)16/h3-6,10H,2,7,13H2,1H3,(H2,14,16)(H,15,17)/t10-/m0/s1. The zero-order valence-corrected chi connectivity index (χ0v) is 10.2. The molecule has 0 bridgehead atoms. The van der Waals surface area contributed by atoms with E-state index >= 15 is 0 Å². The molecule has 1 aromatic carbocycles. The van der Waals surface area contributed by atoms with Crippen LogP contribution >= 0.6 is 0 Å². The fourth-order valence-corrected chi connectivity index (χ4v) is 1.24. The van der Waals surface area contributed by atoms with Gasteiger partial charge in [0, 0.05) is 11.8 Å². The minimum atomic E-state index is -0.558. The molecule has 0 fully saturated rings. The zero-order valence-electron chi connectivity index (χ0n) is 10.2. The van der Waals surface area contributed by atoms with E-state index in [1.807, 2.05) is 6.92 Å². The molecule has 2 amide bonds. The topological polar surface area (TPSA) is 107 Å². The van der Waals surface area contributed by atoms with Gasteiger partial charge in [0.15, 0.2) is 6.61 Å². The monoisotopic (exact) mass is 251 g/mol. The summed E-state index contributed by atoms with van der Waals surface area (Å²) < 4.78 is 5.12. The number of nitrogens with one attached hydrogen (secondary N) is 1. The SMILES string of the molecule is CC[C@H](N)C(=O)Nc1cccc(OCC(N)=O)c1. The summed E-state index contributed by atoms with van der Waals surface area (Å²) in [6, 6.07) is 6.13. The van der Waals surface area contributed by atoms with Crippen LogP contribution in [0.25, 0.3) is 0 Å². The van der Waals surface area contributed by atoms with Gasteiger partial charge < -0.3 is 21.5 Å². The molecular formula is C12H17N3O3. The molecule has 5 N–H and O–H groups in total. The molecule has 0 unspecified atom stereocenters. The number of ether oxygens (including phenoxy) is 1. The predicted molar refractivity (Wildman–Crippen MR) is 68.0 cm³/mol. The summed E-state index contributed by atoms with van der Waals surface area (Å²) >= 11 is 0. The number of primary amides is 1. The van der Waals surface area contributed by atoms with Crippen LogP contribution in [0, 0.1) is 0 Å². The van der Waals surface area contributed by atoms with E-state index in [1.165, 1.54) is 0 Å². The highest BCUT2D eigenvalue weighted by molar-refractivity contribution is 5.94. The van der Waals surface area contributed by atoms with Gasteiger partial charge in [-0.1, -0.05) is 13.0 Å². The van der Waals surface area contributed by atoms with Crippen molar-refractivity contribution in [1.82, 2.24) is 0 Å². The van der Waals surface area contributed by atoms with Crippen LogP contribution in [0.15, 0.2) is 24.3 Å². The van der Waals surface area contributed by atoms with Gasteiger partial charge in [0.1, 0.15) is 5.75 Å². The Kier molecular flexibility index (Phi) is 5.13. The summed E-state index contributed by atoms with van der Waals surface area (Å²) in [6.07, 6.45) is 0.559. The number of rotatable bonds is 6. The minimum absolute atomic E-state index is 0.203. The molecule has 0 saturated heterocycles. The van der Waals surface area contributed by atoms with E-state index in [2.05, 4.69) is 5.32 Å². The largest absolute Gasteiger partial charge is 0.484 e. The van der Waals surface area contributed by atoms with Crippen LogP contribution in [-0.4, -0.2) is 24.5 Å². The highest BCUT2D eigenvalue weighted by Crippen LogP contribution is 2.17. The second-order valence-electron chi connectivity index (χ2n) is 3.79. The van der Waals surface area contributed by atoms with Gasteiger partial charge in [0.05, 0.1) is 6.04 Å². The first-order chi connectivity index (χ1) is 8.52. The van der Waals surface area contributed by atoms with E-state index < -0.39 is 11.9 Å². The lowest BCUT2D eigenvalue weighted by molar-refractivity contribution is -0.120. The van der Waals surface area contributed by atoms with Crippen molar-refractivity contribution < 1.29 is 14.3 Å². The predicted octanol–water partition coefficient (Wildman–Crippen LogP) is 0.226. The first-order valence-corrected chi connectivity index (χ1v) is 5.60. The molecule has 0 aromatic heterocycles. The number of hydrogen-bond acceptors (Lipinski definition) is 4. The Balaban J connectivity index is 2.64. The highest BCUT2D eigenvalue weighted by atomic mass is 16.5. The van der Waals surface area contributed by atoms with Gasteiger partial charge in [-0.15, -0.1) is 0 Å². The minimum Gasteiger partial charge on any atom is -0.484 e. The van der Waals surface area contributed by atoms with Crippen LogP contribution in [-0.2, 0) is 9.59 Å². The lowest BCUT2D eigenvalue weighted by Crippen LogP contribution is -2.34. The van der Waals surface area contributed by atoms with Crippen LogP contribution in [0.4, 0.5) is 5.69 Å². The Labute approximate surface area is 105 Å². The summed E-state index contributed by atoms with van der Waals surface area (Å²) in [5.74, 6) is -0.362. The Morgan fingerprint density at radius 1 is 1.44 bits per heavy atom. The summed E-state index contributed by atoms with van der Waals surface area (Å²) in [4.78, 5) is 22.1. The van der Waals surface area contributed by atoms with Crippen molar-refractivity contribution in [3.63, 3.8) is 0 Å². The van der Waals surface area contributed by atoms with E-state index in [1.54, 1.807) is 24.3 Å². The van der Waals surface area contributed by atoms with Crippen molar-refractivity contribution >= 4 is 17.5 Å². The number of benzene rings is 1. The fraction of sp³-hybridized carbons (Fsp3) is 0.333. The van der Waals surface area contributed by atoms with Crippen molar-refractivity contribution in [2.24, 2.45) is 11.5 Å². The molecule has 0 spiro atoms. The van der Waals surface area contributed by atoms with Crippen molar-refractivity contribution in [2.45, 2.75) is 19.4 Å². The molecular weight excluding hydrogens is 234 g/mol. The van der Waals surface area contributed by atoms with Gasteiger partial charge in [-0.05, 0) is 18.6 Å². The molecule has 0 radical (unpaired) electrons. The number of anilines is 1. The van der Waals surface area contributed by atoms with Crippen LogP contribution in [0.3, 0.4) is 0 Å². The Bertz CT molecular complexity index is 434. The quantitative estimate of drug-likeness (QED) is 0.672. The highest BCUT2D eigenvalue weighted by Gasteiger charge is 2.11. The molecule has 6 heteroatoms. The van der Waals surface area contributed by atoms with E-state index in [-0.39, 0.29) is 12.5 Å². The average molecular weight is 251 g/mol. The van der Waals surface area contributed by atoms with Crippen molar-refractivity contribution in [3.8, 4) is 5.75 Å². The fourth-order valence-electron chi connectivity index (χ4n) is 1.24. The van der Waals surface area contributed by atoms with Crippen LogP contribution in [0.1, 0.15) is 13.3 Å². The van der Waals surface area contributed by atoms with Gasteiger partial charge >= 0.3 is 0 Å². The lowest BCUT2D eigenvalue weighted by Gasteiger charge is -2.11. The molecule has 18 heavy (non-hydrogen) atoms. The third kappa shape index (κ3) is 4.42. The zero-order chi connectivity index (χ0) is 13.5. The molecule has 0 heterocycles. The summed E-state index contributed by atoms with van der Waals surface area (Å²) in [5, 5.41) is 2.66. The molecule has 0 saturated carbocycles. The van der Waals surface area contributed by atoms with E-state index in [0.29, 0.717) is 17.9 Å². The number of nitrogens with two attached hydrogens (primary N) is 2. The second-order valence-corrected chi connectivity index (χ2v) is 3.79. The molecule has 1 atom stereocenters. The van der Waals surface area contributed by atoms with Crippen molar-refractivity contribution in [3.05, 3.63) is 24.3 Å². The maximum atomic E-state index is 11.6. The molecule has 0 aliphatic heterocycles. The maximum absolute atomic E-state index is 11.6. The third-order valence-electron chi connectivity index (χ3n) is 2.26. The van der Waals surface area contributed by atoms with Gasteiger partial charge in [0.2, 0.25) is 5.91 Å². The van der Waals surface area contributed by atoms with Gasteiger partial charge in [-0.2, -0.15) is 0 Å². The maximum Gasteiger partial charge on any atom is 0.255 e. The lowest BCUT2D eigenvalue weighted by atomic mass is 10.2. The van der Waals surface area contributed by atoms with Gasteiger partial charge in [-0.3, -0.25) is 9.59 Å². The summed E-state index contributed by atoms with van der Waals surface area (Å²) in [5.41, 5.74) is 11.1. The summed E-state index contributed by atoms with van der Waals surface area (Å²) in [7, 11) is 0. The van der Waals surface area contributed by atoms with E-state index in [0.717, 1.165) is 0 Å². The first-order valence-electron chi connectivity index (χ1n) is 5.60. The van der Waals surface area contributed by atoms with Crippen LogP contribution in [0.2, 0.25) is 0 Å². The third-order valence-corrected chi connectivity index (χ3v) is 2.26. The van der Waals surface area contributed by atoms with E-state index in [4.69, 9.17) is 16.2 Å². The molecule has 0 aliphatic carbocycles. The molecule has 6 nitrogen and oxygen atoms in total. The van der Waals surface area contributed by atoms with Crippen molar-refractivity contribution in [1.29, 1.82) is 0 Å². The number of carbonyl (C=O) groups excluding carboxylic acids is 2. The van der Waals surface area contributed by atoms with E-state index in [9.17, 15) is 9.59 Å². The smallest absolute Gasteiger partial charge is 0.255 e. The Hall–Kier alpha value is -2.08. The Morgan fingerprint density at radius 3 is 2.78 bits per heavy atom. The number of amides is 2.